The maximum Gasteiger partial charge on any atom is 0.129 e. The second-order valence-electron chi connectivity index (χ2n) is 4.74. The Kier molecular flexibility index (Phi) is 2.76. The number of halogens is 1. The molecule has 0 atom stereocenters. The van der Waals surface area contributed by atoms with E-state index in [-0.39, 0.29) is 11.9 Å². The van der Waals surface area contributed by atoms with Gasteiger partial charge in [-0.15, -0.1) is 0 Å². The van der Waals surface area contributed by atoms with Gasteiger partial charge in [-0.1, -0.05) is 6.07 Å². The van der Waals surface area contributed by atoms with Crippen molar-refractivity contribution >= 4 is 0 Å². The predicted molar refractivity (Wildman–Crippen MR) is 59.8 cm³/mol. The summed E-state index contributed by atoms with van der Waals surface area (Å²) in [4.78, 5) is 0. The average molecular weight is 224 g/mol. The molecule has 3 heteroatoms. The van der Waals surface area contributed by atoms with Crippen molar-refractivity contribution in [3.05, 3.63) is 34.6 Å². The Balaban J connectivity index is 2.35. The maximum atomic E-state index is 13.9. The van der Waals surface area contributed by atoms with Gasteiger partial charge >= 0.3 is 0 Å². The van der Waals surface area contributed by atoms with E-state index in [1.54, 1.807) is 7.11 Å². The molecular weight excluding hydrogens is 207 g/mol. The van der Waals surface area contributed by atoms with E-state index in [2.05, 4.69) is 0 Å². The molecule has 0 aromatic heterocycles. The Hall–Kier alpha value is -0.930. The molecule has 1 aromatic rings. The van der Waals surface area contributed by atoms with Crippen LogP contribution >= 0.6 is 0 Å². The fourth-order valence-corrected chi connectivity index (χ4v) is 2.57. The highest BCUT2D eigenvalue weighted by Crippen LogP contribution is 2.45. The first-order valence-electron chi connectivity index (χ1n) is 5.48. The quantitative estimate of drug-likeness (QED) is 0.836. The van der Waals surface area contributed by atoms with E-state index in [4.69, 9.17) is 4.74 Å². The van der Waals surface area contributed by atoms with E-state index in [1.807, 2.05) is 19.9 Å². The molecule has 0 heterocycles. The molecule has 1 N–H and O–H groups in total. The van der Waals surface area contributed by atoms with Gasteiger partial charge in [-0.3, -0.25) is 0 Å². The highest BCUT2D eigenvalue weighted by molar-refractivity contribution is 5.38. The molecule has 0 aliphatic heterocycles. The highest BCUT2D eigenvalue weighted by Gasteiger charge is 2.46. The van der Waals surface area contributed by atoms with Gasteiger partial charge in [0.05, 0.1) is 11.7 Å². The standard InChI is InChI=1S/C13H17FO2/c1-8-4-9(2)12(11(14)5-8)13(15)6-10(7-13)16-3/h4-5,10,15H,6-7H2,1-3H3. The Morgan fingerprint density at radius 1 is 1.38 bits per heavy atom. The van der Waals surface area contributed by atoms with Gasteiger partial charge in [0.25, 0.3) is 0 Å². The van der Waals surface area contributed by atoms with Gasteiger partial charge in [0.1, 0.15) is 5.82 Å². The third-order valence-corrected chi connectivity index (χ3v) is 3.36. The normalized spacial score (nSPS) is 28.9. The van der Waals surface area contributed by atoms with E-state index in [1.165, 1.54) is 6.07 Å². The van der Waals surface area contributed by atoms with Gasteiger partial charge in [-0.05, 0) is 31.0 Å². The van der Waals surface area contributed by atoms with Gasteiger partial charge in [0, 0.05) is 25.5 Å². The minimum atomic E-state index is -1.04. The van der Waals surface area contributed by atoms with Crippen molar-refractivity contribution in [1.82, 2.24) is 0 Å². The molecule has 2 rings (SSSR count). The molecule has 1 aliphatic carbocycles. The lowest BCUT2D eigenvalue weighted by atomic mass is 9.71. The fourth-order valence-electron chi connectivity index (χ4n) is 2.57. The van der Waals surface area contributed by atoms with Crippen LogP contribution in [-0.2, 0) is 10.3 Å². The van der Waals surface area contributed by atoms with E-state index in [0.717, 1.165) is 11.1 Å². The summed E-state index contributed by atoms with van der Waals surface area (Å²) in [5, 5.41) is 10.3. The topological polar surface area (TPSA) is 29.5 Å². The van der Waals surface area contributed by atoms with Crippen molar-refractivity contribution in [1.29, 1.82) is 0 Å². The minimum absolute atomic E-state index is 0.0464. The molecule has 0 bridgehead atoms. The summed E-state index contributed by atoms with van der Waals surface area (Å²) in [7, 11) is 1.61. The number of aliphatic hydroxyl groups is 1. The third kappa shape index (κ3) is 1.74. The lowest BCUT2D eigenvalue weighted by molar-refractivity contribution is -0.134. The first-order chi connectivity index (χ1) is 7.46. The second kappa shape index (κ2) is 3.82. The number of benzene rings is 1. The Bertz CT molecular complexity index is 385. The molecule has 0 radical (unpaired) electrons. The van der Waals surface area contributed by atoms with Crippen LogP contribution in [0.5, 0.6) is 0 Å². The SMILES string of the molecule is COC1CC(O)(c2c(C)cc(C)cc2F)C1. The summed E-state index contributed by atoms with van der Waals surface area (Å²) in [5.74, 6) is -0.311. The highest BCUT2D eigenvalue weighted by atomic mass is 19.1. The first kappa shape index (κ1) is 11.6. The van der Waals surface area contributed by atoms with E-state index >= 15 is 0 Å². The molecular formula is C13H17FO2. The van der Waals surface area contributed by atoms with Crippen LogP contribution in [0, 0.1) is 19.7 Å². The molecule has 0 amide bonds. The number of aryl methyl sites for hydroxylation is 2. The number of rotatable bonds is 2. The molecule has 0 unspecified atom stereocenters. The van der Waals surface area contributed by atoms with Gasteiger partial charge in [0.2, 0.25) is 0 Å². The zero-order valence-corrected chi connectivity index (χ0v) is 9.88. The van der Waals surface area contributed by atoms with Crippen LogP contribution in [0.4, 0.5) is 4.39 Å². The summed E-state index contributed by atoms with van der Waals surface area (Å²) in [6.07, 6.45) is 0.999. The minimum Gasteiger partial charge on any atom is -0.385 e. The van der Waals surface area contributed by atoms with Crippen LogP contribution in [0.3, 0.4) is 0 Å². The van der Waals surface area contributed by atoms with Crippen LogP contribution in [0.1, 0.15) is 29.5 Å². The van der Waals surface area contributed by atoms with Crippen LogP contribution in [0.15, 0.2) is 12.1 Å². The van der Waals surface area contributed by atoms with Crippen molar-refractivity contribution in [3.8, 4) is 0 Å². The third-order valence-electron chi connectivity index (χ3n) is 3.36. The Morgan fingerprint density at radius 2 is 2.00 bits per heavy atom. The molecule has 0 saturated heterocycles. The summed E-state index contributed by atoms with van der Waals surface area (Å²) in [5.41, 5.74) is 1.09. The van der Waals surface area contributed by atoms with E-state index in [0.29, 0.717) is 18.4 Å². The molecule has 1 fully saturated rings. The number of ether oxygens (including phenoxy) is 1. The number of hydrogen-bond donors (Lipinski definition) is 1. The Morgan fingerprint density at radius 3 is 2.50 bits per heavy atom. The largest absolute Gasteiger partial charge is 0.385 e. The zero-order valence-electron chi connectivity index (χ0n) is 9.88. The Labute approximate surface area is 95.1 Å². The van der Waals surface area contributed by atoms with Crippen molar-refractivity contribution in [2.45, 2.75) is 38.4 Å². The maximum absolute atomic E-state index is 13.9. The molecule has 16 heavy (non-hydrogen) atoms. The molecule has 2 nitrogen and oxygen atoms in total. The summed E-state index contributed by atoms with van der Waals surface area (Å²) in [6.45, 7) is 3.69. The number of hydrogen-bond acceptors (Lipinski definition) is 2. The summed E-state index contributed by atoms with van der Waals surface area (Å²) >= 11 is 0. The second-order valence-corrected chi connectivity index (χ2v) is 4.74. The van der Waals surface area contributed by atoms with Gasteiger partial charge in [-0.2, -0.15) is 0 Å². The van der Waals surface area contributed by atoms with Crippen molar-refractivity contribution in [2.24, 2.45) is 0 Å². The lowest BCUT2D eigenvalue weighted by Gasteiger charge is -2.43. The number of methoxy groups -OCH3 is 1. The molecule has 1 aliphatic rings. The summed E-state index contributed by atoms with van der Waals surface area (Å²) in [6, 6.07) is 3.37. The molecule has 88 valence electrons. The predicted octanol–water partition coefficient (Wildman–Crippen LogP) is 2.44. The van der Waals surface area contributed by atoms with Crippen LogP contribution < -0.4 is 0 Å². The van der Waals surface area contributed by atoms with Crippen LogP contribution in [0.25, 0.3) is 0 Å². The molecule has 1 saturated carbocycles. The zero-order chi connectivity index (χ0) is 11.9. The lowest BCUT2D eigenvalue weighted by Crippen LogP contribution is -2.46. The van der Waals surface area contributed by atoms with Crippen LogP contribution in [0.2, 0.25) is 0 Å². The van der Waals surface area contributed by atoms with Crippen LogP contribution in [-0.4, -0.2) is 18.3 Å². The summed E-state index contributed by atoms with van der Waals surface area (Å²) < 4.78 is 19.0. The molecule has 0 spiro atoms. The van der Waals surface area contributed by atoms with Crippen molar-refractivity contribution in [3.63, 3.8) is 0 Å². The van der Waals surface area contributed by atoms with Crippen molar-refractivity contribution in [2.75, 3.05) is 7.11 Å². The average Bonchev–Trinajstić information content (AvgIpc) is 2.11. The smallest absolute Gasteiger partial charge is 0.129 e. The molecule has 1 aromatic carbocycles. The van der Waals surface area contributed by atoms with E-state index in [9.17, 15) is 9.50 Å². The van der Waals surface area contributed by atoms with Gasteiger partial charge in [-0.25, -0.2) is 4.39 Å². The first-order valence-corrected chi connectivity index (χ1v) is 5.48. The van der Waals surface area contributed by atoms with E-state index < -0.39 is 5.60 Å². The van der Waals surface area contributed by atoms with Gasteiger partial charge in [0.15, 0.2) is 0 Å². The fraction of sp³-hybridized carbons (Fsp3) is 0.538. The van der Waals surface area contributed by atoms with Gasteiger partial charge < -0.3 is 9.84 Å². The van der Waals surface area contributed by atoms with Crippen molar-refractivity contribution < 1.29 is 14.2 Å². The monoisotopic (exact) mass is 224 g/mol.